The summed E-state index contributed by atoms with van der Waals surface area (Å²) in [5.74, 6) is 0. The molecule has 0 saturated heterocycles. The SMILES string of the molecule is CCC(C)NNC(C)CC. The van der Waals surface area contributed by atoms with Gasteiger partial charge in [0, 0.05) is 12.1 Å². The van der Waals surface area contributed by atoms with Crippen molar-refractivity contribution < 1.29 is 0 Å². The van der Waals surface area contributed by atoms with Crippen molar-refractivity contribution in [3.63, 3.8) is 0 Å². The van der Waals surface area contributed by atoms with Gasteiger partial charge in [0.15, 0.2) is 0 Å². The first-order chi connectivity index (χ1) is 4.70. The van der Waals surface area contributed by atoms with E-state index in [4.69, 9.17) is 0 Å². The Morgan fingerprint density at radius 3 is 1.40 bits per heavy atom. The molecule has 0 aliphatic carbocycles. The van der Waals surface area contributed by atoms with Gasteiger partial charge in [-0.15, -0.1) is 0 Å². The van der Waals surface area contributed by atoms with E-state index in [-0.39, 0.29) is 0 Å². The summed E-state index contributed by atoms with van der Waals surface area (Å²) in [6.07, 6.45) is 2.34. The normalized spacial score (nSPS) is 16.8. The molecule has 0 aliphatic rings. The van der Waals surface area contributed by atoms with Crippen molar-refractivity contribution >= 4 is 0 Å². The minimum Gasteiger partial charge on any atom is -0.255 e. The lowest BCUT2D eigenvalue weighted by molar-refractivity contribution is 0.385. The predicted octanol–water partition coefficient (Wildman–Crippen LogP) is 1.68. The standard InChI is InChI=1S/C8H20N2/c1-5-7(3)9-10-8(4)6-2/h7-10H,5-6H2,1-4H3. The van der Waals surface area contributed by atoms with Crippen molar-refractivity contribution in [3.8, 4) is 0 Å². The first kappa shape index (κ1) is 9.92. The number of hydrazine groups is 1. The van der Waals surface area contributed by atoms with Gasteiger partial charge in [-0.3, -0.25) is 10.9 Å². The van der Waals surface area contributed by atoms with E-state index in [0.717, 1.165) is 0 Å². The third kappa shape index (κ3) is 4.77. The molecule has 0 aromatic heterocycles. The van der Waals surface area contributed by atoms with E-state index >= 15 is 0 Å². The zero-order valence-electron chi connectivity index (χ0n) is 7.57. The molecule has 2 heteroatoms. The highest BCUT2D eigenvalue weighted by molar-refractivity contribution is 4.57. The van der Waals surface area contributed by atoms with Crippen LogP contribution in [0.2, 0.25) is 0 Å². The summed E-state index contributed by atoms with van der Waals surface area (Å²) >= 11 is 0. The Balaban J connectivity index is 3.17. The van der Waals surface area contributed by atoms with Gasteiger partial charge in [0.1, 0.15) is 0 Å². The van der Waals surface area contributed by atoms with E-state index in [0.29, 0.717) is 12.1 Å². The lowest BCUT2D eigenvalue weighted by atomic mass is 10.2. The highest BCUT2D eigenvalue weighted by Gasteiger charge is 1.98. The van der Waals surface area contributed by atoms with Gasteiger partial charge in [-0.1, -0.05) is 13.8 Å². The van der Waals surface area contributed by atoms with Crippen LogP contribution in [0.1, 0.15) is 40.5 Å². The maximum Gasteiger partial charge on any atom is 0.0182 e. The summed E-state index contributed by atoms with van der Waals surface area (Å²) in [6, 6.07) is 1.16. The van der Waals surface area contributed by atoms with Gasteiger partial charge >= 0.3 is 0 Å². The number of hydrogen-bond acceptors (Lipinski definition) is 2. The van der Waals surface area contributed by atoms with Crippen LogP contribution in [-0.4, -0.2) is 12.1 Å². The lowest BCUT2D eigenvalue weighted by Gasteiger charge is -2.16. The van der Waals surface area contributed by atoms with Crippen LogP contribution >= 0.6 is 0 Å². The Kier molecular flexibility index (Phi) is 5.64. The monoisotopic (exact) mass is 144 g/mol. The molecule has 0 saturated carbocycles. The largest absolute Gasteiger partial charge is 0.255 e. The summed E-state index contributed by atoms with van der Waals surface area (Å²) in [5.41, 5.74) is 6.47. The summed E-state index contributed by atoms with van der Waals surface area (Å²) in [5, 5.41) is 0. The van der Waals surface area contributed by atoms with Crippen LogP contribution in [0.3, 0.4) is 0 Å². The first-order valence-corrected chi connectivity index (χ1v) is 4.21. The van der Waals surface area contributed by atoms with E-state index in [1.165, 1.54) is 12.8 Å². The Morgan fingerprint density at radius 2 is 1.20 bits per heavy atom. The highest BCUT2D eigenvalue weighted by Crippen LogP contribution is 1.88. The third-order valence-electron chi connectivity index (χ3n) is 1.80. The molecule has 2 atom stereocenters. The van der Waals surface area contributed by atoms with E-state index in [9.17, 15) is 0 Å². The molecule has 0 aromatic rings. The molecule has 0 heterocycles. The van der Waals surface area contributed by atoms with Crippen molar-refractivity contribution in [1.29, 1.82) is 0 Å². The predicted molar refractivity (Wildman–Crippen MR) is 45.8 cm³/mol. The molecule has 2 unspecified atom stereocenters. The lowest BCUT2D eigenvalue weighted by Crippen LogP contribution is -2.43. The number of rotatable bonds is 5. The van der Waals surface area contributed by atoms with E-state index in [1.54, 1.807) is 0 Å². The first-order valence-electron chi connectivity index (χ1n) is 4.21. The molecule has 0 aromatic carbocycles. The van der Waals surface area contributed by atoms with Gasteiger partial charge in [0.05, 0.1) is 0 Å². The number of nitrogens with one attached hydrogen (secondary N) is 2. The van der Waals surface area contributed by atoms with Crippen molar-refractivity contribution in [2.45, 2.75) is 52.6 Å². The van der Waals surface area contributed by atoms with Crippen molar-refractivity contribution in [2.75, 3.05) is 0 Å². The fourth-order valence-electron chi connectivity index (χ4n) is 0.489. The molecule has 0 rings (SSSR count). The summed E-state index contributed by atoms with van der Waals surface area (Å²) in [7, 11) is 0. The molecular formula is C8H20N2. The molecule has 2 nitrogen and oxygen atoms in total. The number of hydrogen-bond donors (Lipinski definition) is 2. The Hall–Kier alpha value is -0.0800. The molecule has 0 spiro atoms. The Bertz CT molecular complexity index is 63.7. The van der Waals surface area contributed by atoms with Gasteiger partial charge in [-0.05, 0) is 26.7 Å². The summed E-state index contributed by atoms with van der Waals surface area (Å²) in [4.78, 5) is 0. The van der Waals surface area contributed by atoms with E-state index < -0.39 is 0 Å². The van der Waals surface area contributed by atoms with Crippen LogP contribution < -0.4 is 10.9 Å². The highest BCUT2D eigenvalue weighted by atomic mass is 15.4. The molecular weight excluding hydrogens is 124 g/mol. The topological polar surface area (TPSA) is 24.1 Å². The average molecular weight is 144 g/mol. The van der Waals surface area contributed by atoms with E-state index in [2.05, 4.69) is 38.5 Å². The molecule has 0 bridgehead atoms. The van der Waals surface area contributed by atoms with Crippen LogP contribution in [0.4, 0.5) is 0 Å². The van der Waals surface area contributed by atoms with Crippen LogP contribution in [-0.2, 0) is 0 Å². The van der Waals surface area contributed by atoms with Crippen LogP contribution in [0.15, 0.2) is 0 Å². The second kappa shape index (κ2) is 5.69. The maximum absolute atomic E-state index is 3.23. The second-order valence-electron chi connectivity index (χ2n) is 2.91. The van der Waals surface area contributed by atoms with Gasteiger partial charge in [0.2, 0.25) is 0 Å². The van der Waals surface area contributed by atoms with Gasteiger partial charge in [-0.25, -0.2) is 0 Å². The van der Waals surface area contributed by atoms with Gasteiger partial charge in [-0.2, -0.15) is 0 Å². The van der Waals surface area contributed by atoms with Gasteiger partial charge < -0.3 is 0 Å². The van der Waals surface area contributed by atoms with E-state index in [1.807, 2.05) is 0 Å². The average Bonchev–Trinajstić information content (AvgIpc) is 1.99. The minimum atomic E-state index is 0.578. The molecule has 2 N–H and O–H groups in total. The van der Waals surface area contributed by atoms with Crippen molar-refractivity contribution in [2.24, 2.45) is 0 Å². The fourth-order valence-corrected chi connectivity index (χ4v) is 0.489. The second-order valence-corrected chi connectivity index (χ2v) is 2.91. The van der Waals surface area contributed by atoms with Crippen molar-refractivity contribution in [1.82, 2.24) is 10.9 Å². The molecule has 0 radical (unpaired) electrons. The van der Waals surface area contributed by atoms with Gasteiger partial charge in [0.25, 0.3) is 0 Å². The molecule has 62 valence electrons. The summed E-state index contributed by atoms with van der Waals surface area (Å²) < 4.78 is 0. The van der Waals surface area contributed by atoms with Crippen LogP contribution in [0.25, 0.3) is 0 Å². The molecule has 0 aliphatic heterocycles. The third-order valence-corrected chi connectivity index (χ3v) is 1.80. The Labute approximate surface area is 64.4 Å². The quantitative estimate of drug-likeness (QED) is 0.574. The van der Waals surface area contributed by atoms with Crippen LogP contribution in [0.5, 0.6) is 0 Å². The molecule has 0 amide bonds. The maximum atomic E-state index is 3.23. The minimum absolute atomic E-state index is 0.578. The zero-order valence-corrected chi connectivity index (χ0v) is 7.57. The van der Waals surface area contributed by atoms with Crippen molar-refractivity contribution in [3.05, 3.63) is 0 Å². The summed E-state index contributed by atoms with van der Waals surface area (Å²) in [6.45, 7) is 8.71. The fraction of sp³-hybridized carbons (Fsp3) is 1.00. The zero-order chi connectivity index (χ0) is 7.98. The molecule has 10 heavy (non-hydrogen) atoms. The van der Waals surface area contributed by atoms with Crippen LogP contribution in [0, 0.1) is 0 Å². The smallest absolute Gasteiger partial charge is 0.0182 e. The Morgan fingerprint density at radius 1 is 0.900 bits per heavy atom. The molecule has 0 fully saturated rings.